The SMILES string of the molecule is CCC(=O)C(C)Cc1ncccc1C. The molecule has 1 aromatic rings. The summed E-state index contributed by atoms with van der Waals surface area (Å²) in [6.07, 6.45) is 3.16. The van der Waals surface area contributed by atoms with Gasteiger partial charge in [0, 0.05) is 24.2 Å². The Labute approximate surface area is 85.4 Å². The molecule has 1 rings (SSSR count). The number of pyridine rings is 1. The molecule has 0 aliphatic heterocycles. The van der Waals surface area contributed by atoms with Crippen molar-refractivity contribution in [2.45, 2.75) is 33.6 Å². The minimum atomic E-state index is 0.0913. The van der Waals surface area contributed by atoms with Crippen LogP contribution < -0.4 is 0 Å². The van der Waals surface area contributed by atoms with E-state index in [9.17, 15) is 4.79 Å². The highest BCUT2D eigenvalue weighted by Gasteiger charge is 2.12. The first kappa shape index (κ1) is 10.9. The maximum Gasteiger partial charge on any atom is 0.135 e. The summed E-state index contributed by atoms with van der Waals surface area (Å²) in [6.45, 7) is 5.91. The Kier molecular flexibility index (Phi) is 3.81. The molecule has 0 bridgehead atoms. The van der Waals surface area contributed by atoms with Crippen LogP contribution in [0.1, 0.15) is 31.5 Å². The molecule has 0 spiro atoms. The van der Waals surface area contributed by atoms with Crippen LogP contribution >= 0.6 is 0 Å². The third kappa shape index (κ3) is 2.66. The van der Waals surface area contributed by atoms with E-state index < -0.39 is 0 Å². The Morgan fingerprint density at radius 1 is 1.57 bits per heavy atom. The number of aromatic nitrogens is 1. The number of Topliss-reactive ketones (excluding diaryl/α,β-unsaturated/α-hetero) is 1. The largest absolute Gasteiger partial charge is 0.299 e. The Morgan fingerprint density at radius 3 is 2.86 bits per heavy atom. The molecule has 1 unspecified atom stereocenters. The van der Waals surface area contributed by atoms with Crippen LogP contribution in [0, 0.1) is 12.8 Å². The van der Waals surface area contributed by atoms with Gasteiger partial charge in [-0.25, -0.2) is 0 Å². The number of nitrogens with zero attached hydrogens (tertiary/aromatic N) is 1. The topological polar surface area (TPSA) is 30.0 Å². The Bertz CT molecular complexity index is 320. The smallest absolute Gasteiger partial charge is 0.135 e. The molecular weight excluding hydrogens is 174 g/mol. The van der Waals surface area contributed by atoms with Crippen molar-refractivity contribution in [1.29, 1.82) is 0 Å². The third-order valence-electron chi connectivity index (χ3n) is 2.52. The molecule has 14 heavy (non-hydrogen) atoms. The highest BCUT2D eigenvalue weighted by molar-refractivity contribution is 5.80. The molecule has 0 saturated heterocycles. The van der Waals surface area contributed by atoms with E-state index in [1.54, 1.807) is 6.20 Å². The molecule has 0 aliphatic carbocycles. The Morgan fingerprint density at radius 2 is 2.29 bits per heavy atom. The number of ketones is 1. The molecule has 1 atom stereocenters. The number of carbonyl (C=O) groups excluding carboxylic acids is 1. The molecule has 1 aromatic heterocycles. The first-order valence-corrected chi connectivity index (χ1v) is 5.08. The van der Waals surface area contributed by atoms with Gasteiger partial charge in [0.05, 0.1) is 0 Å². The predicted octanol–water partition coefficient (Wildman–Crippen LogP) is 2.55. The Balaban J connectivity index is 2.69. The molecule has 2 nitrogen and oxygen atoms in total. The quantitative estimate of drug-likeness (QED) is 0.732. The average molecular weight is 191 g/mol. The number of rotatable bonds is 4. The van der Waals surface area contributed by atoms with Gasteiger partial charge in [-0.3, -0.25) is 9.78 Å². The molecule has 0 fully saturated rings. The molecule has 0 N–H and O–H groups in total. The van der Waals surface area contributed by atoms with Crippen LogP contribution in [0.15, 0.2) is 18.3 Å². The van der Waals surface area contributed by atoms with Crippen LogP contribution in [0.3, 0.4) is 0 Å². The van der Waals surface area contributed by atoms with Crippen LogP contribution in [-0.4, -0.2) is 10.8 Å². The van der Waals surface area contributed by atoms with E-state index >= 15 is 0 Å². The zero-order chi connectivity index (χ0) is 10.6. The zero-order valence-electron chi connectivity index (χ0n) is 9.08. The summed E-state index contributed by atoms with van der Waals surface area (Å²) >= 11 is 0. The molecule has 2 heteroatoms. The van der Waals surface area contributed by atoms with E-state index in [2.05, 4.69) is 4.98 Å². The van der Waals surface area contributed by atoms with Crippen molar-refractivity contribution in [1.82, 2.24) is 4.98 Å². The van der Waals surface area contributed by atoms with Crippen molar-refractivity contribution < 1.29 is 4.79 Å². The van der Waals surface area contributed by atoms with Gasteiger partial charge in [-0.1, -0.05) is 19.9 Å². The maximum atomic E-state index is 11.4. The molecule has 0 aromatic carbocycles. The van der Waals surface area contributed by atoms with Crippen molar-refractivity contribution >= 4 is 5.78 Å². The second kappa shape index (κ2) is 4.89. The minimum Gasteiger partial charge on any atom is -0.299 e. The molecule has 0 amide bonds. The lowest BCUT2D eigenvalue weighted by atomic mass is 9.97. The van der Waals surface area contributed by atoms with E-state index in [0.717, 1.165) is 12.1 Å². The third-order valence-corrected chi connectivity index (χ3v) is 2.52. The monoisotopic (exact) mass is 191 g/mol. The van der Waals surface area contributed by atoms with Crippen LogP contribution in [-0.2, 0) is 11.2 Å². The van der Waals surface area contributed by atoms with Crippen LogP contribution in [0.2, 0.25) is 0 Å². The van der Waals surface area contributed by atoms with Gasteiger partial charge >= 0.3 is 0 Å². The average Bonchev–Trinajstić information content (AvgIpc) is 2.20. The maximum absolute atomic E-state index is 11.4. The first-order chi connectivity index (χ1) is 6.65. The van der Waals surface area contributed by atoms with Crippen LogP contribution in [0.4, 0.5) is 0 Å². The van der Waals surface area contributed by atoms with Gasteiger partial charge in [0.1, 0.15) is 5.78 Å². The summed E-state index contributed by atoms with van der Waals surface area (Å²) in [5, 5.41) is 0. The van der Waals surface area contributed by atoms with E-state index in [1.165, 1.54) is 5.56 Å². The van der Waals surface area contributed by atoms with Crippen molar-refractivity contribution in [3.05, 3.63) is 29.6 Å². The van der Waals surface area contributed by atoms with Crippen molar-refractivity contribution in [3.63, 3.8) is 0 Å². The predicted molar refractivity (Wildman–Crippen MR) is 57.1 cm³/mol. The van der Waals surface area contributed by atoms with Gasteiger partial charge < -0.3 is 0 Å². The number of aryl methyl sites for hydroxylation is 1. The van der Waals surface area contributed by atoms with E-state index in [-0.39, 0.29) is 5.92 Å². The minimum absolute atomic E-state index is 0.0913. The number of hydrogen-bond acceptors (Lipinski definition) is 2. The first-order valence-electron chi connectivity index (χ1n) is 5.08. The molecule has 0 aliphatic rings. The summed E-state index contributed by atoms with van der Waals surface area (Å²) in [4.78, 5) is 15.7. The standard InChI is InChI=1S/C12H17NO/c1-4-12(14)10(3)8-11-9(2)6-5-7-13-11/h5-7,10H,4,8H2,1-3H3. The van der Waals surface area contributed by atoms with Gasteiger partial charge in [-0.05, 0) is 25.0 Å². The molecule has 1 heterocycles. The summed E-state index contributed by atoms with van der Waals surface area (Å²) in [7, 11) is 0. The molecular formula is C12H17NO. The summed E-state index contributed by atoms with van der Waals surface area (Å²) < 4.78 is 0. The fraction of sp³-hybridized carbons (Fsp3) is 0.500. The second-order valence-electron chi connectivity index (χ2n) is 3.69. The Hall–Kier alpha value is -1.18. The second-order valence-corrected chi connectivity index (χ2v) is 3.69. The van der Waals surface area contributed by atoms with Gasteiger partial charge in [0.25, 0.3) is 0 Å². The lowest BCUT2D eigenvalue weighted by Crippen LogP contribution is -2.13. The summed E-state index contributed by atoms with van der Waals surface area (Å²) in [5.41, 5.74) is 2.21. The lowest BCUT2D eigenvalue weighted by molar-refractivity contribution is -0.122. The molecule has 0 saturated carbocycles. The highest BCUT2D eigenvalue weighted by Crippen LogP contribution is 2.12. The fourth-order valence-corrected chi connectivity index (χ4v) is 1.48. The van der Waals surface area contributed by atoms with Gasteiger partial charge in [0.15, 0.2) is 0 Å². The van der Waals surface area contributed by atoms with Crippen LogP contribution in [0.25, 0.3) is 0 Å². The van der Waals surface area contributed by atoms with E-state index in [0.29, 0.717) is 12.2 Å². The number of carbonyl (C=O) groups is 1. The van der Waals surface area contributed by atoms with Gasteiger partial charge in [0.2, 0.25) is 0 Å². The molecule has 0 radical (unpaired) electrons. The lowest BCUT2D eigenvalue weighted by Gasteiger charge is -2.09. The normalized spacial score (nSPS) is 12.5. The fourth-order valence-electron chi connectivity index (χ4n) is 1.48. The number of hydrogen-bond donors (Lipinski definition) is 0. The van der Waals surface area contributed by atoms with Crippen LogP contribution in [0.5, 0.6) is 0 Å². The van der Waals surface area contributed by atoms with Gasteiger partial charge in [-0.15, -0.1) is 0 Å². The van der Waals surface area contributed by atoms with E-state index in [4.69, 9.17) is 0 Å². The van der Waals surface area contributed by atoms with Crippen molar-refractivity contribution in [2.24, 2.45) is 5.92 Å². The van der Waals surface area contributed by atoms with Gasteiger partial charge in [-0.2, -0.15) is 0 Å². The zero-order valence-corrected chi connectivity index (χ0v) is 9.08. The molecule has 76 valence electrons. The summed E-state index contributed by atoms with van der Waals surface area (Å²) in [6, 6.07) is 3.95. The van der Waals surface area contributed by atoms with Crippen molar-refractivity contribution in [2.75, 3.05) is 0 Å². The summed E-state index contributed by atoms with van der Waals surface area (Å²) in [5.74, 6) is 0.406. The van der Waals surface area contributed by atoms with Crippen molar-refractivity contribution in [3.8, 4) is 0 Å². The highest BCUT2D eigenvalue weighted by atomic mass is 16.1. The van der Waals surface area contributed by atoms with E-state index in [1.807, 2.05) is 32.9 Å².